The molecule has 0 saturated carbocycles. The van der Waals surface area contributed by atoms with E-state index in [1.165, 1.54) is 0 Å². The van der Waals surface area contributed by atoms with Crippen LogP contribution < -0.4 is 5.32 Å². The number of hydrogen-bond acceptors (Lipinski definition) is 3. The Morgan fingerprint density at radius 1 is 1.38 bits per heavy atom. The minimum Gasteiger partial charge on any atom is -0.336 e. The van der Waals surface area contributed by atoms with E-state index >= 15 is 0 Å². The Hall–Kier alpha value is -1.68. The Bertz CT molecular complexity index is 435. The maximum atomic E-state index is 4.16. The van der Waals surface area contributed by atoms with Crippen molar-refractivity contribution in [2.45, 2.75) is 13.0 Å². The van der Waals surface area contributed by atoms with E-state index < -0.39 is 0 Å². The summed E-state index contributed by atoms with van der Waals surface area (Å²) >= 11 is 0. The van der Waals surface area contributed by atoms with E-state index in [2.05, 4.69) is 28.3 Å². The molecule has 0 aromatic carbocycles. The van der Waals surface area contributed by atoms with Crippen molar-refractivity contribution >= 4 is 0 Å². The molecular formula is C12H16N4. The van der Waals surface area contributed by atoms with Crippen LogP contribution in [0.5, 0.6) is 0 Å². The molecule has 0 fully saturated rings. The summed E-state index contributed by atoms with van der Waals surface area (Å²) in [6, 6.07) is 4.19. The first-order valence-electron chi connectivity index (χ1n) is 5.42. The first-order chi connectivity index (χ1) is 7.83. The van der Waals surface area contributed by atoms with Gasteiger partial charge in [0.2, 0.25) is 0 Å². The van der Waals surface area contributed by atoms with Crippen LogP contribution in [-0.2, 0) is 7.05 Å². The minimum absolute atomic E-state index is 0.159. The van der Waals surface area contributed by atoms with E-state index in [0.717, 1.165) is 17.8 Å². The average Bonchev–Trinajstić information content (AvgIpc) is 2.73. The second-order valence-electron chi connectivity index (χ2n) is 3.71. The smallest absolute Gasteiger partial charge is 0.0946 e. The van der Waals surface area contributed by atoms with E-state index in [9.17, 15) is 0 Å². The molecule has 4 nitrogen and oxygen atoms in total. The zero-order valence-electron chi connectivity index (χ0n) is 9.59. The molecule has 2 heterocycles. The Balaban J connectivity index is 2.35. The molecule has 84 valence electrons. The van der Waals surface area contributed by atoms with Gasteiger partial charge in [-0.3, -0.25) is 4.98 Å². The van der Waals surface area contributed by atoms with E-state index in [0.29, 0.717) is 0 Å². The summed E-state index contributed by atoms with van der Waals surface area (Å²) in [7, 11) is 2.00. The first-order valence-corrected chi connectivity index (χ1v) is 5.42. The zero-order valence-corrected chi connectivity index (χ0v) is 9.59. The fourth-order valence-corrected chi connectivity index (χ4v) is 1.79. The second kappa shape index (κ2) is 4.90. The highest BCUT2D eigenvalue weighted by Gasteiger charge is 2.15. The summed E-state index contributed by atoms with van der Waals surface area (Å²) in [4.78, 5) is 8.31. The predicted octanol–water partition coefficient (Wildman–Crippen LogP) is 1.51. The number of hydrogen-bond donors (Lipinski definition) is 1. The van der Waals surface area contributed by atoms with Crippen LogP contribution in [0.25, 0.3) is 0 Å². The lowest BCUT2D eigenvalue weighted by atomic mass is 10.1. The molecule has 0 aliphatic heterocycles. The monoisotopic (exact) mass is 216 g/mol. The number of pyridine rings is 1. The number of nitrogens with zero attached hydrogens (tertiary/aromatic N) is 3. The second-order valence-corrected chi connectivity index (χ2v) is 3.71. The van der Waals surface area contributed by atoms with E-state index in [1.807, 2.05) is 36.4 Å². The van der Waals surface area contributed by atoms with Crippen LogP contribution in [0.15, 0.2) is 37.1 Å². The van der Waals surface area contributed by atoms with Crippen LogP contribution in [0.2, 0.25) is 0 Å². The Morgan fingerprint density at radius 3 is 2.81 bits per heavy atom. The number of aryl methyl sites for hydroxylation is 1. The van der Waals surface area contributed by atoms with Gasteiger partial charge in [0.15, 0.2) is 0 Å². The van der Waals surface area contributed by atoms with Crippen LogP contribution in [0.3, 0.4) is 0 Å². The molecular weight excluding hydrogens is 200 g/mol. The van der Waals surface area contributed by atoms with Crippen molar-refractivity contribution in [3.8, 4) is 0 Å². The maximum Gasteiger partial charge on any atom is 0.0946 e. The normalized spacial score (nSPS) is 12.6. The summed E-state index contributed by atoms with van der Waals surface area (Å²) in [5, 5.41) is 3.44. The molecule has 0 bridgehead atoms. The van der Waals surface area contributed by atoms with Gasteiger partial charge in [-0.05, 0) is 18.2 Å². The van der Waals surface area contributed by atoms with Crippen LogP contribution in [-0.4, -0.2) is 21.1 Å². The lowest BCUT2D eigenvalue weighted by Crippen LogP contribution is -2.23. The van der Waals surface area contributed by atoms with Gasteiger partial charge < -0.3 is 9.88 Å². The predicted molar refractivity (Wildman–Crippen MR) is 63.0 cm³/mol. The lowest BCUT2D eigenvalue weighted by molar-refractivity contribution is 0.592. The molecule has 2 rings (SSSR count). The van der Waals surface area contributed by atoms with E-state index in [4.69, 9.17) is 0 Å². The number of rotatable bonds is 4. The van der Waals surface area contributed by atoms with Gasteiger partial charge in [-0.25, -0.2) is 4.98 Å². The SMILES string of the molecule is CCNC(c1cccnc1)c1cncn1C. The van der Waals surface area contributed by atoms with Gasteiger partial charge >= 0.3 is 0 Å². The molecule has 16 heavy (non-hydrogen) atoms. The lowest BCUT2D eigenvalue weighted by Gasteiger charge is -2.18. The van der Waals surface area contributed by atoms with Gasteiger partial charge in [-0.2, -0.15) is 0 Å². The summed E-state index contributed by atoms with van der Waals surface area (Å²) in [5.41, 5.74) is 2.31. The number of nitrogens with one attached hydrogen (secondary N) is 1. The highest BCUT2D eigenvalue weighted by atomic mass is 15.1. The molecule has 0 radical (unpaired) electrons. The maximum absolute atomic E-state index is 4.16. The standard InChI is InChI=1S/C12H16N4/c1-3-15-12(10-5-4-6-13-7-10)11-8-14-9-16(11)2/h4-9,12,15H,3H2,1-2H3. The first kappa shape index (κ1) is 10.8. The van der Waals surface area contributed by atoms with Gasteiger partial charge in [0.1, 0.15) is 0 Å². The van der Waals surface area contributed by atoms with Gasteiger partial charge in [-0.15, -0.1) is 0 Å². The van der Waals surface area contributed by atoms with E-state index in [1.54, 1.807) is 6.20 Å². The Labute approximate surface area is 95.4 Å². The van der Waals surface area contributed by atoms with Crippen molar-refractivity contribution < 1.29 is 0 Å². The molecule has 0 aliphatic rings. The fraction of sp³-hybridized carbons (Fsp3) is 0.333. The summed E-state index contributed by atoms with van der Waals surface area (Å²) in [6.45, 7) is 3.00. The van der Waals surface area contributed by atoms with Gasteiger partial charge in [0.25, 0.3) is 0 Å². The largest absolute Gasteiger partial charge is 0.336 e. The van der Waals surface area contributed by atoms with Gasteiger partial charge in [0, 0.05) is 19.4 Å². The third-order valence-corrected chi connectivity index (χ3v) is 2.58. The van der Waals surface area contributed by atoms with Crippen LogP contribution in [0, 0.1) is 0 Å². The highest BCUT2D eigenvalue weighted by molar-refractivity contribution is 5.24. The topological polar surface area (TPSA) is 42.7 Å². The van der Waals surface area contributed by atoms with Crippen molar-refractivity contribution in [1.29, 1.82) is 0 Å². The molecule has 1 atom stereocenters. The van der Waals surface area contributed by atoms with Crippen LogP contribution >= 0.6 is 0 Å². The fourth-order valence-electron chi connectivity index (χ4n) is 1.79. The van der Waals surface area contributed by atoms with E-state index in [-0.39, 0.29) is 6.04 Å². The number of aromatic nitrogens is 3. The third kappa shape index (κ3) is 2.12. The van der Waals surface area contributed by atoms with Crippen molar-refractivity contribution in [2.24, 2.45) is 7.05 Å². The molecule has 1 N–H and O–H groups in total. The van der Waals surface area contributed by atoms with Crippen molar-refractivity contribution in [3.05, 3.63) is 48.3 Å². The van der Waals surface area contributed by atoms with Gasteiger partial charge in [0.05, 0.1) is 24.3 Å². The minimum atomic E-state index is 0.159. The van der Waals surface area contributed by atoms with Crippen molar-refractivity contribution in [3.63, 3.8) is 0 Å². The summed E-state index contributed by atoms with van der Waals surface area (Å²) in [6.07, 6.45) is 7.38. The number of imidazole rings is 1. The van der Waals surface area contributed by atoms with Crippen LogP contribution in [0.1, 0.15) is 24.2 Å². The van der Waals surface area contributed by atoms with Crippen LogP contribution in [0.4, 0.5) is 0 Å². The Morgan fingerprint density at radius 2 is 2.25 bits per heavy atom. The van der Waals surface area contributed by atoms with Crippen molar-refractivity contribution in [1.82, 2.24) is 19.9 Å². The van der Waals surface area contributed by atoms with Gasteiger partial charge in [-0.1, -0.05) is 13.0 Å². The van der Waals surface area contributed by atoms with Crippen molar-refractivity contribution in [2.75, 3.05) is 6.54 Å². The molecule has 2 aromatic rings. The quantitative estimate of drug-likeness (QED) is 0.842. The zero-order chi connectivity index (χ0) is 11.4. The molecule has 0 saturated heterocycles. The summed E-state index contributed by atoms with van der Waals surface area (Å²) < 4.78 is 2.03. The molecule has 0 amide bonds. The average molecular weight is 216 g/mol. The molecule has 0 aliphatic carbocycles. The molecule has 2 aromatic heterocycles. The molecule has 4 heteroatoms. The molecule has 1 unspecified atom stereocenters. The third-order valence-electron chi connectivity index (χ3n) is 2.58. The molecule has 0 spiro atoms. The Kier molecular flexibility index (Phi) is 3.31. The highest BCUT2D eigenvalue weighted by Crippen LogP contribution is 2.19. The summed E-state index contributed by atoms with van der Waals surface area (Å²) in [5.74, 6) is 0.